The number of carbonyl (C=O) groups is 1. The molecule has 2 saturated heterocycles. The van der Waals surface area contributed by atoms with Gasteiger partial charge in [-0.15, -0.1) is 0 Å². The zero-order chi connectivity index (χ0) is 29.1. The molecule has 0 aromatic heterocycles. The lowest BCUT2D eigenvalue weighted by Gasteiger charge is -2.39. The van der Waals surface area contributed by atoms with E-state index in [9.17, 15) is 23.1 Å². The van der Waals surface area contributed by atoms with Crippen molar-refractivity contribution < 1.29 is 41.5 Å². The number of hydrogen-bond acceptors (Lipinski definition) is 5. The highest BCUT2D eigenvalue weighted by Crippen LogP contribution is 2.44. The molecule has 6 rings (SSSR count). The van der Waals surface area contributed by atoms with E-state index >= 15 is 4.39 Å². The van der Waals surface area contributed by atoms with Crippen LogP contribution in [0.25, 0.3) is 5.57 Å². The van der Waals surface area contributed by atoms with Crippen LogP contribution in [-0.2, 0) is 9.47 Å². The number of carboxylic acids is 1. The molecule has 0 atom stereocenters. The van der Waals surface area contributed by atoms with Gasteiger partial charge in [0, 0.05) is 42.1 Å². The Bertz CT molecular complexity index is 1600. The average molecular weight is 585 g/mol. The highest BCUT2D eigenvalue weighted by Gasteiger charge is 2.43. The number of benzene rings is 2. The summed E-state index contributed by atoms with van der Waals surface area (Å²) in [7, 11) is -2.58. The zero-order valence-electron chi connectivity index (χ0n) is 22.7. The van der Waals surface area contributed by atoms with Gasteiger partial charge in [-0.05, 0) is 45.3 Å². The molecule has 4 aliphatic rings. The van der Waals surface area contributed by atoms with Crippen molar-refractivity contribution in [1.82, 2.24) is 0 Å². The molecule has 2 fully saturated rings. The molecular weight excluding hydrogens is 556 g/mol. The van der Waals surface area contributed by atoms with Crippen LogP contribution in [0.4, 0.5) is 23.2 Å². The van der Waals surface area contributed by atoms with Crippen LogP contribution < -0.4 is 15.2 Å². The third-order valence-corrected chi connectivity index (χ3v) is 11.9. The van der Waals surface area contributed by atoms with E-state index in [0.29, 0.717) is 63.7 Å². The molecule has 6 nitrogen and oxygen atoms in total. The van der Waals surface area contributed by atoms with Crippen LogP contribution in [0.1, 0.15) is 21.5 Å². The second kappa shape index (κ2) is 10.4. The van der Waals surface area contributed by atoms with Crippen molar-refractivity contribution in [3.8, 4) is 0 Å². The Kier molecular flexibility index (Phi) is 6.99. The first-order chi connectivity index (χ1) is 19.6. The minimum Gasteiger partial charge on any atom is -0.545 e. The summed E-state index contributed by atoms with van der Waals surface area (Å²) in [6, 6.07) is 5.57. The fourth-order valence-electron chi connectivity index (χ4n) is 6.19. The van der Waals surface area contributed by atoms with Crippen LogP contribution in [0, 0.1) is 23.3 Å². The predicted molar refractivity (Wildman–Crippen MR) is 146 cm³/mol. The van der Waals surface area contributed by atoms with Crippen LogP contribution in [0.5, 0.6) is 0 Å². The minimum atomic E-state index is -2.58. The Hall–Kier alpha value is -3.54. The average Bonchev–Trinajstić information content (AvgIpc) is 2.99. The lowest BCUT2D eigenvalue weighted by Crippen LogP contribution is -2.50. The molecule has 0 spiro atoms. The van der Waals surface area contributed by atoms with Gasteiger partial charge in [0.25, 0.3) is 0 Å². The number of halogens is 4. The number of nitrogens with zero attached hydrogens (tertiary/aromatic N) is 2. The quantitative estimate of drug-likeness (QED) is 0.183. The van der Waals surface area contributed by atoms with E-state index < -0.39 is 48.4 Å². The molecule has 1 aliphatic carbocycles. The van der Waals surface area contributed by atoms with E-state index in [1.165, 1.54) is 0 Å². The van der Waals surface area contributed by atoms with Gasteiger partial charge >= 0.3 is 0 Å². The van der Waals surface area contributed by atoms with Gasteiger partial charge in [-0.2, -0.15) is 0 Å². The summed E-state index contributed by atoms with van der Waals surface area (Å²) in [6.07, 6.45) is 5.57. The molecule has 3 aliphatic heterocycles. The summed E-state index contributed by atoms with van der Waals surface area (Å²) >= 11 is 0. The molecule has 3 heterocycles. The lowest BCUT2D eigenvalue weighted by molar-refractivity contribution is -0.547. The number of hydrogen-bond donors (Lipinski definition) is 0. The third-order valence-electron chi connectivity index (χ3n) is 8.37. The van der Waals surface area contributed by atoms with E-state index in [0.717, 1.165) is 21.8 Å². The first kappa shape index (κ1) is 27.6. The van der Waals surface area contributed by atoms with E-state index in [4.69, 9.17) is 9.47 Å². The highest BCUT2D eigenvalue weighted by molar-refractivity contribution is 6.98. The van der Waals surface area contributed by atoms with Crippen molar-refractivity contribution in [2.45, 2.75) is 13.1 Å². The molecule has 2 aromatic rings. The van der Waals surface area contributed by atoms with Crippen LogP contribution in [0.2, 0.25) is 13.1 Å². The summed E-state index contributed by atoms with van der Waals surface area (Å²) in [5.74, 6) is -10.2. The van der Waals surface area contributed by atoms with Crippen molar-refractivity contribution in [1.29, 1.82) is 0 Å². The van der Waals surface area contributed by atoms with E-state index in [-0.39, 0.29) is 5.57 Å². The first-order valence-electron chi connectivity index (χ1n) is 13.5. The van der Waals surface area contributed by atoms with Gasteiger partial charge in [-0.1, -0.05) is 19.2 Å². The Morgan fingerprint density at radius 1 is 0.927 bits per heavy atom. The number of fused-ring (bicyclic) bond motifs is 2. The fourth-order valence-corrected chi connectivity index (χ4v) is 9.26. The van der Waals surface area contributed by atoms with Gasteiger partial charge in [0.15, 0.2) is 42.1 Å². The summed E-state index contributed by atoms with van der Waals surface area (Å²) in [6.45, 7) is 9.22. The molecular formula is C30H28F4N2O4Si. The maximum Gasteiger partial charge on any atom is 0.199 e. The number of carbonyl (C=O) groups excluding carboxylic acids is 1. The number of aromatic carboxylic acids is 1. The van der Waals surface area contributed by atoms with E-state index in [1.807, 2.05) is 24.3 Å². The molecule has 41 heavy (non-hydrogen) atoms. The van der Waals surface area contributed by atoms with Crippen molar-refractivity contribution in [3.05, 3.63) is 87.2 Å². The number of ether oxygens (including phenoxy) is 2. The van der Waals surface area contributed by atoms with E-state index in [2.05, 4.69) is 22.6 Å². The topological polar surface area (TPSA) is 64.8 Å². The monoisotopic (exact) mass is 584 g/mol. The second-order valence-electron chi connectivity index (χ2n) is 11.0. The summed E-state index contributed by atoms with van der Waals surface area (Å²) < 4.78 is 72.8. The molecule has 0 radical (unpaired) electrons. The Morgan fingerprint density at radius 3 is 2.27 bits per heavy atom. The molecule has 0 amide bonds. The van der Waals surface area contributed by atoms with Crippen LogP contribution >= 0.6 is 0 Å². The summed E-state index contributed by atoms with van der Waals surface area (Å²) in [5.41, 5.74) is 0.539. The number of carboxylic acid groups (broad SMARTS) is 1. The van der Waals surface area contributed by atoms with Gasteiger partial charge in [0.05, 0.1) is 19.2 Å². The Morgan fingerprint density at radius 2 is 1.59 bits per heavy atom. The van der Waals surface area contributed by atoms with Gasteiger partial charge in [0.1, 0.15) is 21.3 Å². The third kappa shape index (κ3) is 4.47. The van der Waals surface area contributed by atoms with Crippen LogP contribution in [0.15, 0.2) is 47.2 Å². The Labute approximate surface area is 235 Å². The van der Waals surface area contributed by atoms with Gasteiger partial charge < -0.3 is 24.3 Å². The maximum absolute atomic E-state index is 15.6. The minimum absolute atomic E-state index is 0.00150. The van der Waals surface area contributed by atoms with Crippen molar-refractivity contribution >= 4 is 36.2 Å². The first-order valence-corrected chi connectivity index (χ1v) is 16.5. The smallest absolute Gasteiger partial charge is 0.199 e. The van der Waals surface area contributed by atoms with Gasteiger partial charge in [-0.3, -0.25) is 0 Å². The molecule has 214 valence electrons. The number of morpholine rings is 2. The van der Waals surface area contributed by atoms with Gasteiger partial charge in [0.2, 0.25) is 0 Å². The van der Waals surface area contributed by atoms with Crippen molar-refractivity contribution in [3.63, 3.8) is 0 Å². The normalized spacial score (nSPS) is 20.1. The highest BCUT2D eigenvalue weighted by atomic mass is 28.3. The maximum atomic E-state index is 15.6. The number of allylic oxidation sites excluding steroid dienone is 5. The second-order valence-corrected chi connectivity index (χ2v) is 15.3. The predicted octanol–water partition coefficient (Wildman–Crippen LogP) is 2.69. The Balaban J connectivity index is 1.67. The molecule has 0 unspecified atom stereocenters. The van der Waals surface area contributed by atoms with Crippen LogP contribution in [0.3, 0.4) is 0 Å². The fraction of sp³-hybridized carbons (Fsp3) is 0.333. The molecule has 0 N–H and O–H groups in total. The SMILES string of the molecule is C[Si]1(C)C2=CC(=[N+]3CCOCC3)C=CC2=C(c2c(F)c(F)c(F)c(F)c2C(=O)[O-])c2ccc(N3CCOCC3)cc21. The standard InChI is InChI=1S/C30H28F4N2O4Si/c1-41(2)21-15-17(35-7-11-39-12-8-35)3-5-19(21)23(24-25(30(37)38)27(32)29(34)28(33)26(24)31)20-6-4-18(16-22(20)41)36-9-13-40-14-10-36/h3-6,15-16H,7-14H2,1-2H3. The van der Waals surface area contributed by atoms with Gasteiger partial charge in [-0.25, -0.2) is 22.1 Å². The van der Waals surface area contributed by atoms with Crippen molar-refractivity contribution in [2.24, 2.45) is 0 Å². The largest absolute Gasteiger partial charge is 0.545 e. The zero-order valence-corrected chi connectivity index (χ0v) is 23.7. The number of anilines is 1. The van der Waals surface area contributed by atoms with E-state index in [1.54, 1.807) is 12.1 Å². The van der Waals surface area contributed by atoms with Crippen LogP contribution in [-0.4, -0.2) is 76.9 Å². The molecule has 0 bridgehead atoms. The number of rotatable bonds is 3. The summed E-state index contributed by atoms with van der Waals surface area (Å²) in [5, 5.41) is 13.8. The molecule has 2 aromatic carbocycles. The van der Waals surface area contributed by atoms with Crippen molar-refractivity contribution in [2.75, 3.05) is 57.5 Å². The molecule has 0 saturated carbocycles. The molecule has 11 heteroatoms. The lowest BCUT2D eigenvalue weighted by atomic mass is 9.86. The summed E-state index contributed by atoms with van der Waals surface area (Å²) in [4.78, 5) is 14.3.